The number of benzene rings is 2. The second-order valence-corrected chi connectivity index (χ2v) is 5.00. The lowest BCUT2D eigenvalue weighted by atomic mass is 10.2. The highest BCUT2D eigenvalue weighted by atomic mass is 16.6. The Kier molecular flexibility index (Phi) is 5.45. The number of nitrogens with one attached hydrogen (secondary N) is 2. The number of hydrazone groups is 1. The van der Waals surface area contributed by atoms with Crippen molar-refractivity contribution in [3.63, 3.8) is 0 Å². The topological polar surface area (TPSA) is 120 Å². The van der Waals surface area contributed by atoms with E-state index < -0.39 is 16.4 Å². The van der Waals surface area contributed by atoms with Crippen LogP contribution in [-0.4, -0.2) is 23.6 Å². The molecule has 2 rings (SSSR count). The molecule has 0 aliphatic heterocycles. The van der Waals surface area contributed by atoms with Crippen LogP contribution in [0.5, 0.6) is 5.75 Å². The molecule has 0 aliphatic rings. The Balaban J connectivity index is 1.84. The predicted molar refractivity (Wildman–Crippen MR) is 87.9 cm³/mol. The lowest BCUT2D eigenvalue weighted by Gasteiger charge is -2.07. The lowest BCUT2D eigenvalue weighted by molar-refractivity contribution is -0.398. The summed E-state index contributed by atoms with van der Waals surface area (Å²) in [6.07, 6.45) is 1.24. The normalized spacial score (nSPS) is 10.5. The molecule has 0 saturated carbocycles. The van der Waals surface area contributed by atoms with Gasteiger partial charge < -0.3 is 10.4 Å². The zero-order valence-corrected chi connectivity index (χ0v) is 12.9. The number of hydrogen-bond donors (Lipinski definition) is 2. The van der Waals surface area contributed by atoms with E-state index in [4.69, 9.17) is 0 Å². The monoisotopic (exact) mass is 327 g/mol. The average Bonchev–Trinajstić information content (AvgIpc) is 2.54. The minimum atomic E-state index is -0.748. The molecule has 0 unspecified atom stereocenters. The smallest absolute Gasteiger partial charge is 0.261 e. The number of nitro benzene ring substituents is 1. The number of carbonyl (C=O) groups is 1. The van der Waals surface area contributed by atoms with E-state index in [2.05, 4.69) is 15.8 Å². The van der Waals surface area contributed by atoms with Gasteiger partial charge in [0.25, 0.3) is 11.6 Å². The molecule has 0 heterocycles. The van der Waals surface area contributed by atoms with Crippen molar-refractivity contribution in [2.45, 2.75) is 6.92 Å². The summed E-state index contributed by atoms with van der Waals surface area (Å²) >= 11 is 0. The molecular formula is C16H15N4O4-. The minimum Gasteiger partial charge on any atom is -0.868 e. The molecule has 24 heavy (non-hydrogen) atoms. The summed E-state index contributed by atoms with van der Waals surface area (Å²) in [5.41, 5.74) is 4.09. The van der Waals surface area contributed by atoms with Crippen molar-refractivity contribution >= 4 is 23.5 Å². The molecule has 8 nitrogen and oxygen atoms in total. The predicted octanol–water partition coefficient (Wildman–Crippen LogP) is 1.54. The standard InChI is InChI=1S/C16H16N4O4/c1-11-2-5-13(6-3-11)17-10-16(22)19-18-9-12-4-7-14(20(23)24)15(21)8-12/h2-9,17,21H,10H2,1H3,(H,19,22)/p-1/b18-9-. The van der Waals surface area contributed by atoms with Gasteiger partial charge in [-0.25, -0.2) is 5.43 Å². The highest BCUT2D eigenvalue weighted by Crippen LogP contribution is 2.22. The van der Waals surface area contributed by atoms with E-state index in [0.717, 1.165) is 23.4 Å². The summed E-state index contributed by atoms with van der Waals surface area (Å²) in [5, 5.41) is 28.7. The fourth-order valence-electron chi connectivity index (χ4n) is 1.83. The van der Waals surface area contributed by atoms with E-state index >= 15 is 0 Å². The Bertz CT molecular complexity index is 772. The zero-order valence-electron chi connectivity index (χ0n) is 12.9. The second-order valence-electron chi connectivity index (χ2n) is 5.00. The molecule has 8 heteroatoms. The number of amides is 1. The van der Waals surface area contributed by atoms with Crippen molar-refractivity contribution in [2.75, 3.05) is 11.9 Å². The van der Waals surface area contributed by atoms with Crippen LogP contribution in [0.1, 0.15) is 11.1 Å². The third-order valence-electron chi connectivity index (χ3n) is 3.09. The molecule has 124 valence electrons. The first-order valence-corrected chi connectivity index (χ1v) is 7.03. The van der Waals surface area contributed by atoms with Crippen molar-refractivity contribution in [1.29, 1.82) is 0 Å². The molecule has 0 fully saturated rings. The summed E-state index contributed by atoms with van der Waals surface area (Å²) in [4.78, 5) is 21.4. The largest absolute Gasteiger partial charge is 0.868 e. The fraction of sp³-hybridized carbons (Fsp3) is 0.125. The molecule has 0 radical (unpaired) electrons. The van der Waals surface area contributed by atoms with Crippen molar-refractivity contribution in [3.8, 4) is 5.75 Å². The van der Waals surface area contributed by atoms with Gasteiger partial charge in [0.1, 0.15) is 0 Å². The summed E-state index contributed by atoms with van der Waals surface area (Å²) in [6, 6.07) is 11.1. The Labute approximate surface area is 138 Å². The summed E-state index contributed by atoms with van der Waals surface area (Å²) in [5.74, 6) is -1.08. The Morgan fingerprint density at radius 1 is 1.25 bits per heavy atom. The van der Waals surface area contributed by atoms with Crippen LogP contribution >= 0.6 is 0 Å². The van der Waals surface area contributed by atoms with Gasteiger partial charge in [-0.15, -0.1) is 0 Å². The van der Waals surface area contributed by atoms with Crippen LogP contribution in [0.2, 0.25) is 0 Å². The summed E-state index contributed by atoms with van der Waals surface area (Å²) in [7, 11) is 0. The highest BCUT2D eigenvalue weighted by molar-refractivity contribution is 5.84. The number of hydrogen-bond acceptors (Lipinski definition) is 6. The molecule has 0 bridgehead atoms. The fourth-order valence-corrected chi connectivity index (χ4v) is 1.83. The lowest BCUT2D eigenvalue weighted by Crippen LogP contribution is -2.25. The summed E-state index contributed by atoms with van der Waals surface area (Å²) < 4.78 is 0. The SMILES string of the molecule is Cc1ccc(NCC(=O)N/N=C\c2ccc([N+](=O)[O-])c([O-])c2)cc1. The number of nitrogens with zero attached hydrogens (tertiary/aromatic N) is 2. The van der Waals surface area contributed by atoms with E-state index in [1.165, 1.54) is 12.3 Å². The van der Waals surface area contributed by atoms with Gasteiger partial charge in [0.15, 0.2) is 0 Å². The van der Waals surface area contributed by atoms with E-state index in [9.17, 15) is 20.0 Å². The number of carbonyl (C=O) groups excluding carboxylic acids is 1. The van der Waals surface area contributed by atoms with Gasteiger partial charge in [0.2, 0.25) is 0 Å². The quantitative estimate of drug-likeness (QED) is 0.474. The number of nitro groups is 1. The van der Waals surface area contributed by atoms with E-state index in [-0.39, 0.29) is 12.5 Å². The average molecular weight is 327 g/mol. The van der Waals surface area contributed by atoms with E-state index in [1.54, 1.807) is 0 Å². The third kappa shape index (κ3) is 4.80. The van der Waals surface area contributed by atoms with Crippen LogP contribution in [0, 0.1) is 17.0 Å². The molecular weight excluding hydrogens is 312 g/mol. The first kappa shape index (κ1) is 16.9. The first-order chi connectivity index (χ1) is 11.5. The number of aryl methyl sites for hydroxylation is 1. The van der Waals surface area contributed by atoms with E-state index in [1.807, 2.05) is 31.2 Å². The molecule has 2 aromatic rings. The van der Waals surface area contributed by atoms with E-state index in [0.29, 0.717) is 5.56 Å². The molecule has 2 N–H and O–H groups in total. The maximum atomic E-state index is 11.6. The van der Waals surface area contributed by atoms with Gasteiger partial charge in [-0.1, -0.05) is 23.8 Å². The molecule has 0 atom stereocenters. The molecule has 0 aliphatic carbocycles. The molecule has 1 amide bonds. The van der Waals surface area contributed by atoms with Crippen molar-refractivity contribution in [1.82, 2.24) is 5.43 Å². The first-order valence-electron chi connectivity index (χ1n) is 7.03. The van der Waals surface area contributed by atoms with Gasteiger partial charge in [-0.05, 0) is 36.4 Å². The Morgan fingerprint density at radius 3 is 2.58 bits per heavy atom. The second kappa shape index (κ2) is 7.73. The van der Waals surface area contributed by atoms with Crippen LogP contribution in [0.3, 0.4) is 0 Å². The van der Waals surface area contributed by atoms with Crippen molar-refractivity contribution in [3.05, 3.63) is 63.7 Å². The van der Waals surface area contributed by atoms with Gasteiger partial charge in [0.05, 0.1) is 17.7 Å². The molecule has 0 spiro atoms. The van der Waals surface area contributed by atoms with Crippen LogP contribution in [0.15, 0.2) is 47.6 Å². The van der Waals surface area contributed by atoms with Crippen LogP contribution in [0.25, 0.3) is 0 Å². The molecule has 0 aromatic heterocycles. The van der Waals surface area contributed by atoms with Gasteiger partial charge in [-0.2, -0.15) is 5.10 Å². The Hall–Kier alpha value is -3.42. The molecule has 2 aromatic carbocycles. The minimum absolute atomic E-state index is 0.0352. The maximum Gasteiger partial charge on any atom is 0.261 e. The zero-order chi connectivity index (χ0) is 17.5. The van der Waals surface area contributed by atoms with Crippen LogP contribution < -0.4 is 15.8 Å². The molecule has 0 saturated heterocycles. The third-order valence-corrected chi connectivity index (χ3v) is 3.09. The maximum absolute atomic E-state index is 11.6. The highest BCUT2D eigenvalue weighted by Gasteiger charge is 2.06. The van der Waals surface area contributed by atoms with Gasteiger partial charge in [0, 0.05) is 11.8 Å². The number of rotatable bonds is 6. The Morgan fingerprint density at radius 2 is 1.96 bits per heavy atom. The van der Waals surface area contributed by atoms with Crippen molar-refractivity contribution < 1.29 is 14.8 Å². The van der Waals surface area contributed by atoms with Crippen LogP contribution in [0.4, 0.5) is 11.4 Å². The number of anilines is 1. The van der Waals surface area contributed by atoms with Gasteiger partial charge in [-0.3, -0.25) is 14.9 Å². The summed E-state index contributed by atoms with van der Waals surface area (Å²) in [6.45, 7) is 2.00. The van der Waals surface area contributed by atoms with Crippen LogP contribution in [-0.2, 0) is 4.79 Å². The van der Waals surface area contributed by atoms with Gasteiger partial charge >= 0.3 is 0 Å². The van der Waals surface area contributed by atoms with Crippen molar-refractivity contribution in [2.24, 2.45) is 5.10 Å².